The lowest BCUT2D eigenvalue weighted by molar-refractivity contribution is -0.146. The van der Waals surface area contributed by atoms with Gasteiger partial charge in [0.2, 0.25) is 5.95 Å². The fraction of sp³-hybridized carbons (Fsp3) is 0.483. The van der Waals surface area contributed by atoms with E-state index in [1.807, 2.05) is 0 Å². The minimum Gasteiger partial charge on any atom is -0.480 e. The summed E-state index contributed by atoms with van der Waals surface area (Å²) in [6.45, 7) is 7.77. The number of carbonyl (C=O) groups is 3. The van der Waals surface area contributed by atoms with Crippen LogP contribution in [0.5, 0.6) is 0 Å². The number of aryl methyl sites for hydroxylation is 2. The van der Waals surface area contributed by atoms with E-state index in [-0.39, 0.29) is 48.7 Å². The average Bonchev–Trinajstić information content (AvgIpc) is 3.36. The molecule has 2 heterocycles. The topological polar surface area (TPSA) is 202 Å². The van der Waals surface area contributed by atoms with Crippen LogP contribution in [0.15, 0.2) is 35.3 Å². The maximum absolute atomic E-state index is 12.7. The van der Waals surface area contributed by atoms with Gasteiger partial charge in [0, 0.05) is 30.3 Å². The number of nitrogens with one attached hydrogen (secondary N) is 4. The number of benzene rings is 1. The van der Waals surface area contributed by atoms with Gasteiger partial charge in [-0.05, 0) is 62.8 Å². The maximum atomic E-state index is 12.7. The van der Waals surface area contributed by atoms with Crippen molar-refractivity contribution in [1.29, 1.82) is 0 Å². The second-order valence-electron chi connectivity index (χ2n) is 10.6. The number of fused-ring (bicyclic) bond motifs is 1. The van der Waals surface area contributed by atoms with E-state index < -0.39 is 23.9 Å². The first-order valence-electron chi connectivity index (χ1n) is 14.0. The molecule has 228 valence electrons. The fourth-order valence-corrected chi connectivity index (χ4v) is 4.16. The normalized spacial score (nSPS) is 12.3. The molecular weight excluding hydrogens is 544 g/mol. The number of nitrogens with two attached hydrogens (primary N) is 1. The number of hydrogen-bond donors (Lipinski definition) is 6. The molecule has 0 aliphatic carbocycles. The Kier molecular flexibility index (Phi) is 11.6. The van der Waals surface area contributed by atoms with Crippen LogP contribution in [0.3, 0.4) is 0 Å². The molecule has 3 aromatic rings. The zero-order valence-corrected chi connectivity index (χ0v) is 24.2. The summed E-state index contributed by atoms with van der Waals surface area (Å²) in [4.78, 5) is 58.2. The van der Waals surface area contributed by atoms with Crippen molar-refractivity contribution in [3.8, 4) is 0 Å². The van der Waals surface area contributed by atoms with Gasteiger partial charge in [-0.2, -0.15) is 4.98 Å². The Morgan fingerprint density at radius 1 is 1.12 bits per heavy atom. The summed E-state index contributed by atoms with van der Waals surface area (Å²) in [5.74, 6) is -2.34. The molecule has 7 N–H and O–H groups in total. The van der Waals surface area contributed by atoms with Gasteiger partial charge in [0.15, 0.2) is 0 Å². The molecule has 0 bridgehead atoms. The number of nitrogen functional groups attached to an aromatic ring is 1. The average molecular weight is 585 g/mol. The minimum absolute atomic E-state index is 0.0344. The molecule has 42 heavy (non-hydrogen) atoms. The number of esters is 1. The highest BCUT2D eigenvalue weighted by molar-refractivity contribution is 5.96. The monoisotopic (exact) mass is 584 g/mol. The van der Waals surface area contributed by atoms with Crippen molar-refractivity contribution >= 4 is 34.8 Å². The summed E-state index contributed by atoms with van der Waals surface area (Å²) in [5, 5.41) is 15.8. The van der Waals surface area contributed by atoms with Crippen molar-refractivity contribution < 1.29 is 29.0 Å². The van der Waals surface area contributed by atoms with E-state index in [1.165, 1.54) is 0 Å². The minimum atomic E-state index is -1.25. The maximum Gasteiger partial charge on any atom is 0.326 e. The van der Waals surface area contributed by atoms with Gasteiger partial charge in [-0.3, -0.25) is 19.4 Å². The number of carboxylic acids is 1. The van der Waals surface area contributed by atoms with E-state index in [0.717, 1.165) is 17.5 Å². The van der Waals surface area contributed by atoms with Crippen LogP contribution in [0.4, 0.5) is 5.95 Å². The molecule has 13 heteroatoms. The molecule has 0 unspecified atom stereocenters. The van der Waals surface area contributed by atoms with Gasteiger partial charge < -0.3 is 35.9 Å². The standard InChI is InChI=1S/C29H40N6O7/c1-4-29(2,3)32-13-14-41-15-16-42-22(36)12-11-21(27(39)40)33-25(37)19-8-5-18(6-9-19)7-10-20-17-31-24-23(20)26(38)35-28(30)34-24/h5-6,8-9,17,21,32H,4,7,10-16H2,1-3H3,(H,33,37)(H,39,40)(H4,30,31,34,35,38)/t21-/m0/s1. The number of anilines is 1. The fourth-order valence-electron chi connectivity index (χ4n) is 4.16. The molecule has 13 nitrogen and oxygen atoms in total. The highest BCUT2D eigenvalue weighted by atomic mass is 16.6. The molecular formula is C29H40N6O7. The highest BCUT2D eigenvalue weighted by Gasteiger charge is 2.22. The van der Waals surface area contributed by atoms with E-state index in [9.17, 15) is 24.3 Å². The van der Waals surface area contributed by atoms with Crippen LogP contribution in [0.25, 0.3) is 11.0 Å². The number of rotatable bonds is 17. The summed E-state index contributed by atoms with van der Waals surface area (Å²) in [6, 6.07) is 5.47. The Hall–Kier alpha value is -4.23. The molecule has 2 aromatic heterocycles. The van der Waals surface area contributed by atoms with Gasteiger partial charge in [-0.1, -0.05) is 19.1 Å². The molecule has 0 radical (unpaired) electrons. The Labute approximate surface area is 243 Å². The number of aromatic nitrogens is 3. The predicted octanol–water partition coefficient (Wildman–Crippen LogP) is 1.92. The van der Waals surface area contributed by atoms with Gasteiger partial charge in [-0.25, -0.2) is 4.79 Å². The molecule has 1 aromatic carbocycles. The number of nitrogens with zero attached hydrogens (tertiary/aromatic N) is 1. The molecule has 0 spiro atoms. The van der Waals surface area contributed by atoms with Crippen molar-refractivity contribution in [2.24, 2.45) is 0 Å². The summed E-state index contributed by atoms with van der Waals surface area (Å²) in [7, 11) is 0. The molecule has 0 aliphatic rings. The molecule has 0 saturated heterocycles. The third-order valence-corrected chi connectivity index (χ3v) is 7.01. The first-order valence-corrected chi connectivity index (χ1v) is 14.0. The van der Waals surface area contributed by atoms with E-state index >= 15 is 0 Å². The molecule has 1 atom stereocenters. The number of carboxylic acid groups (broad SMARTS) is 1. The number of amides is 1. The number of hydrogen-bond acceptors (Lipinski definition) is 9. The quantitative estimate of drug-likeness (QED) is 0.101. The molecule has 0 fully saturated rings. The molecule has 0 saturated carbocycles. The van der Waals surface area contributed by atoms with Crippen molar-refractivity contribution in [2.75, 3.05) is 32.1 Å². The van der Waals surface area contributed by atoms with Gasteiger partial charge >= 0.3 is 11.9 Å². The van der Waals surface area contributed by atoms with Gasteiger partial charge in [-0.15, -0.1) is 0 Å². The summed E-state index contributed by atoms with van der Waals surface area (Å²) in [6.07, 6.45) is 3.58. The summed E-state index contributed by atoms with van der Waals surface area (Å²) >= 11 is 0. The van der Waals surface area contributed by atoms with E-state index in [1.54, 1.807) is 30.5 Å². The molecule has 1 amide bonds. The Morgan fingerprint density at radius 2 is 1.86 bits per heavy atom. The zero-order valence-electron chi connectivity index (χ0n) is 24.2. The lowest BCUT2D eigenvalue weighted by atomic mass is 10.0. The first kappa shape index (κ1) is 32.3. The van der Waals surface area contributed by atoms with E-state index in [4.69, 9.17) is 15.2 Å². The van der Waals surface area contributed by atoms with Crippen LogP contribution in [0.1, 0.15) is 61.5 Å². The van der Waals surface area contributed by atoms with Crippen LogP contribution in [-0.2, 0) is 31.9 Å². The van der Waals surface area contributed by atoms with Crippen molar-refractivity contribution in [3.63, 3.8) is 0 Å². The second-order valence-corrected chi connectivity index (χ2v) is 10.6. The van der Waals surface area contributed by atoms with Gasteiger partial charge in [0.05, 0.1) is 18.6 Å². The summed E-state index contributed by atoms with van der Waals surface area (Å²) in [5.41, 5.74) is 7.72. The highest BCUT2D eigenvalue weighted by Crippen LogP contribution is 2.16. The number of ether oxygens (including phenoxy) is 2. The molecule has 3 rings (SSSR count). The predicted molar refractivity (Wildman–Crippen MR) is 157 cm³/mol. The number of aliphatic carboxylic acids is 1. The largest absolute Gasteiger partial charge is 0.480 e. The van der Waals surface area contributed by atoms with Crippen LogP contribution in [0, 0.1) is 0 Å². The Morgan fingerprint density at radius 3 is 2.55 bits per heavy atom. The van der Waals surface area contributed by atoms with Crippen LogP contribution >= 0.6 is 0 Å². The number of carbonyl (C=O) groups excluding carboxylic acids is 2. The van der Waals surface area contributed by atoms with Crippen LogP contribution < -0.4 is 21.9 Å². The zero-order chi connectivity index (χ0) is 30.7. The van der Waals surface area contributed by atoms with E-state index in [2.05, 4.69) is 46.4 Å². The van der Waals surface area contributed by atoms with Gasteiger partial charge in [0.25, 0.3) is 11.5 Å². The van der Waals surface area contributed by atoms with Crippen molar-refractivity contribution in [1.82, 2.24) is 25.6 Å². The lowest BCUT2D eigenvalue weighted by Gasteiger charge is -2.24. The van der Waals surface area contributed by atoms with Crippen LogP contribution in [0.2, 0.25) is 0 Å². The summed E-state index contributed by atoms with van der Waals surface area (Å²) < 4.78 is 10.6. The first-order chi connectivity index (χ1) is 20.0. The Balaban J connectivity index is 1.40. The third kappa shape index (κ3) is 9.70. The lowest BCUT2D eigenvalue weighted by Crippen LogP contribution is -2.41. The smallest absolute Gasteiger partial charge is 0.326 e. The molecule has 0 aliphatic heterocycles. The number of aromatic amines is 2. The number of H-pyrrole nitrogens is 2. The van der Waals surface area contributed by atoms with Crippen molar-refractivity contribution in [3.05, 3.63) is 57.5 Å². The van der Waals surface area contributed by atoms with E-state index in [0.29, 0.717) is 37.0 Å². The van der Waals surface area contributed by atoms with Crippen LogP contribution in [-0.4, -0.2) is 75.9 Å². The third-order valence-electron chi connectivity index (χ3n) is 7.01. The Bertz CT molecular complexity index is 1410. The SMILES string of the molecule is CCC(C)(C)NCCOCCOC(=O)CC[C@H](NC(=O)c1ccc(CCc2c[nH]c3nc(N)[nH]c(=O)c23)cc1)C(=O)O. The van der Waals surface area contributed by atoms with Gasteiger partial charge in [0.1, 0.15) is 18.3 Å². The second kappa shape index (κ2) is 15.1. The van der Waals surface area contributed by atoms with Crippen molar-refractivity contribution in [2.45, 2.75) is 64.5 Å².